The van der Waals surface area contributed by atoms with Gasteiger partial charge < -0.3 is 4.74 Å². The minimum absolute atomic E-state index is 0.142. The quantitative estimate of drug-likeness (QED) is 0.495. The molecule has 0 aliphatic carbocycles. The summed E-state index contributed by atoms with van der Waals surface area (Å²) in [5, 5.41) is 0. The Labute approximate surface area is 67.3 Å². The van der Waals surface area contributed by atoms with Gasteiger partial charge in [-0.1, -0.05) is 0 Å². The van der Waals surface area contributed by atoms with Gasteiger partial charge in [-0.15, -0.1) is 0 Å². The fourth-order valence-corrected chi connectivity index (χ4v) is 1.01. The van der Waals surface area contributed by atoms with Crippen LogP contribution in [0.25, 0.3) is 0 Å². The molecule has 0 rings (SSSR count). The molecule has 11 heavy (non-hydrogen) atoms. The normalized spacial score (nSPS) is 12.4. The van der Waals surface area contributed by atoms with Crippen LogP contribution < -0.4 is 0 Å². The SMILES string of the molecule is [CH2]C(C)OCCCS(=O)(=O)O. The molecule has 0 aromatic carbocycles. The lowest BCUT2D eigenvalue weighted by molar-refractivity contribution is 0.0964. The van der Waals surface area contributed by atoms with Crippen molar-refractivity contribution >= 4 is 10.1 Å². The van der Waals surface area contributed by atoms with E-state index in [1.54, 1.807) is 6.92 Å². The Morgan fingerprint density at radius 2 is 2.18 bits per heavy atom. The average Bonchev–Trinajstić information content (AvgIpc) is 1.78. The van der Waals surface area contributed by atoms with Crippen LogP contribution in [0.1, 0.15) is 13.3 Å². The standard InChI is InChI=1S/C6H13O4S/c1-6(2)10-4-3-5-11(7,8)9/h6H,1,3-5H2,2H3,(H,7,8,9). The number of hydrogen-bond donors (Lipinski definition) is 1. The lowest BCUT2D eigenvalue weighted by atomic mass is 10.4. The van der Waals surface area contributed by atoms with Crippen LogP contribution in [-0.4, -0.2) is 31.4 Å². The number of rotatable bonds is 5. The van der Waals surface area contributed by atoms with Crippen LogP contribution in [0.4, 0.5) is 0 Å². The number of ether oxygens (including phenoxy) is 1. The Kier molecular flexibility index (Phi) is 4.63. The molecule has 1 radical (unpaired) electrons. The van der Waals surface area contributed by atoms with E-state index >= 15 is 0 Å². The molecule has 5 heteroatoms. The minimum Gasteiger partial charge on any atom is -0.378 e. The van der Waals surface area contributed by atoms with Crippen molar-refractivity contribution in [3.05, 3.63) is 6.92 Å². The summed E-state index contributed by atoms with van der Waals surface area (Å²) in [5.74, 6) is -0.250. The Bertz CT molecular complexity index is 183. The summed E-state index contributed by atoms with van der Waals surface area (Å²) in [4.78, 5) is 0. The first-order valence-corrected chi connectivity index (χ1v) is 4.92. The highest BCUT2D eigenvalue weighted by atomic mass is 32.2. The molecule has 0 aromatic heterocycles. The zero-order valence-corrected chi connectivity index (χ0v) is 7.30. The number of hydrogen-bond acceptors (Lipinski definition) is 3. The maximum absolute atomic E-state index is 10.2. The molecule has 0 aliphatic rings. The summed E-state index contributed by atoms with van der Waals surface area (Å²) >= 11 is 0. The van der Waals surface area contributed by atoms with Crippen molar-refractivity contribution < 1.29 is 17.7 Å². The third-order valence-corrected chi connectivity index (χ3v) is 1.75. The predicted octanol–water partition coefficient (Wildman–Crippen LogP) is 0.503. The zero-order chi connectivity index (χ0) is 8.91. The molecule has 1 atom stereocenters. The first kappa shape index (κ1) is 10.9. The summed E-state index contributed by atoms with van der Waals surface area (Å²) in [6, 6.07) is 0. The Hall–Kier alpha value is -0.130. The third kappa shape index (κ3) is 9.87. The molecule has 67 valence electrons. The van der Waals surface area contributed by atoms with Gasteiger partial charge in [0.15, 0.2) is 0 Å². The molecule has 1 N–H and O–H groups in total. The minimum atomic E-state index is -3.82. The van der Waals surface area contributed by atoms with E-state index < -0.39 is 10.1 Å². The lowest BCUT2D eigenvalue weighted by Crippen LogP contribution is -2.10. The largest absolute Gasteiger partial charge is 0.378 e. The molecule has 0 aliphatic heterocycles. The van der Waals surface area contributed by atoms with Gasteiger partial charge in [0, 0.05) is 6.61 Å². The Morgan fingerprint density at radius 3 is 2.55 bits per heavy atom. The molecule has 1 unspecified atom stereocenters. The molecule has 0 heterocycles. The van der Waals surface area contributed by atoms with Gasteiger partial charge in [0.2, 0.25) is 0 Å². The van der Waals surface area contributed by atoms with E-state index in [9.17, 15) is 8.42 Å². The fraction of sp³-hybridized carbons (Fsp3) is 0.833. The van der Waals surface area contributed by atoms with Gasteiger partial charge in [0.05, 0.1) is 11.9 Å². The molecule has 4 nitrogen and oxygen atoms in total. The fourth-order valence-electron chi connectivity index (χ4n) is 0.526. The van der Waals surface area contributed by atoms with E-state index in [2.05, 4.69) is 6.92 Å². The van der Waals surface area contributed by atoms with Crippen LogP contribution in [0.2, 0.25) is 0 Å². The average molecular weight is 181 g/mol. The molecule has 0 saturated carbocycles. The molecule has 0 saturated heterocycles. The van der Waals surface area contributed by atoms with Crippen molar-refractivity contribution in [2.45, 2.75) is 19.4 Å². The van der Waals surface area contributed by atoms with E-state index in [1.165, 1.54) is 0 Å². The maximum atomic E-state index is 10.2. The second kappa shape index (κ2) is 4.69. The summed E-state index contributed by atoms with van der Waals surface area (Å²) in [6.07, 6.45) is 0.162. The Morgan fingerprint density at radius 1 is 1.64 bits per heavy atom. The van der Waals surface area contributed by atoms with Crippen LogP contribution in [0.15, 0.2) is 0 Å². The van der Waals surface area contributed by atoms with Crippen LogP contribution in [0.5, 0.6) is 0 Å². The molecule has 0 bridgehead atoms. The molecule has 0 spiro atoms. The van der Waals surface area contributed by atoms with E-state index in [1.807, 2.05) is 0 Å². The Balaban J connectivity index is 3.30. The van der Waals surface area contributed by atoms with Crippen LogP contribution >= 0.6 is 0 Å². The summed E-state index contributed by atoms with van der Waals surface area (Å²) in [6.45, 7) is 5.61. The van der Waals surface area contributed by atoms with E-state index in [0.29, 0.717) is 13.0 Å². The summed E-state index contributed by atoms with van der Waals surface area (Å²) in [7, 11) is -3.82. The van der Waals surface area contributed by atoms with Crippen molar-refractivity contribution in [3.8, 4) is 0 Å². The van der Waals surface area contributed by atoms with E-state index in [0.717, 1.165) is 0 Å². The third-order valence-electron chi connectivity index (χ3n) is 0.949. The molecule has 0 aromatic rings. The first-order chi connectivity index (χ1) is 4.92. The van der Waals surface area contributed by atoms with Crippen molar-refractivity contribution in [1.82, 2.24) is 0 Å². The molecular formula is C6H13O4S. The first-order valence-electron chi connectivity index (χ1n) is 3.31. The lowest BCUT2D eigenvalue weighted by Gasteiger charge is -2.05. The molecular weight excluding hydrogens is 168 g/mol. The molecule has 0 amide bonds. The van der Waals surface area contributed by atoms with Gasteiger partial charge >= 0.3 is 0 Å². The van der Waals surface area contributed by atoms with Gasteiger partial charge in [0.25, 0.3) is 10.1 Å². The van der Waals surface area contributed by atoms with Crippen LogP contribution in [0, 0.1) is 6.92 Å². The predicted molar refractivity (Wildman–Crippen MR) is 41.8 cm³/mol. The topological polar surface area (TPSA) is 63.6 Å². The highest BCUT2D eigenvalue weighted by Gasteiger charge is 2.03. The second-order valence-electron chi connectivity index (χ2n) is 2.32. The highest BCUT2D eigenvalue weighted by molar-refractivity contribution is 7.85. The van der Waals surface area contributed by atoms with Gasteiger partial charge in [0.1, 0.15) is 0 Å². The van der Waals surface area contributed by atoms with Crippen molar-refractivity contribution in [2.24, 2.45) is 0 Å². The molecule has 0 fully saturated rings. The van der Waals surface area contributed by atoms with Crippen molar-refractivity contribution in [3.63, 3.8) is 0 Å². The summed E-state index contributed by atoms with van der Waals surface area (Å²) < 4.78 is 33.6. The zero-order valence-electron chi connectivity index (χ0n) is 6.49. The monoisotopic (exact) mass is 181 g/mol. The van der Waals surface area contributed by atoms with Crippen LogP contribution in [0.3, 0.4) is 0 Å². The van der Waals surface area contributed by atoms with Gasteiger partial charge in [-0.05, 0) is 20.3 Å². The van der Waals surface area contributed by atoms with Crippen molar-refractivity contribution in [2.75, 3.05) is 12.4 Å². The highest BCUT2D eigenvalue weighted by Crippen LogP contribution is 1.92. The van der Waals surface area contributed by atoms with Gasteiger partial charge in [-0.3, -0.25) is 4.55 Å². The van der Waals surface area contributed by atoms with Crippen molar-refractivity contribution in [1.29, 1.82) is 0 Å². The van der Waals surface area contributed by atoms with Crippen LogP contribution in [-0.2, 0) is 14.9 Å². The van der Waals surface area contributed by atoms with Gasteiger partial charge in [-0.2, -0.15) is 8.42 Å². The maximum Gasteiger partial charge on any atom is 0.264 e. The van der Waals surface area contributed by atoms with E-state index in [4.69, 9.17) is 9.29 Å². The van der Waals surface area contributed by atoms with E-state index in [-0.39, 0.29) is 11.9 Å². The summed E-state index contributed by atoms with van der Waals surface area (Å²) in [5.41, 5.74) is 0. The second-order valence-corrected chi connectivity index (χ2v) is 3.89. The smallest absolute Gasteiger partial charge is 0.264 e. The van der Waals surface area contributed by atoms with Gasteiger partial charge in [-0.25, -0.2) is 0 Å².